The van der Waals surface area contributed by atoms with Crippen LogP contribution in [-0.2, 0) is 21.7 Å². The van der Waals surface area contributed by atoms with E-state index in [4.69, 9.17) is 0 Å². The van der Waals surface area contributed by atoms with Gasteiger partial charge < -0.3 is 10.0 Å². The monoisotopic (exact) mass is 397 g/mol. The summed E-state index contributed by atoms with van der Waals surface area (Å²) in [5.41, 5.74) is 2.22. The van der Waals surface area contributed by atoms with Crippen LogP contribution in [0.2, 0.25) is 0 Å². The van der Waals surface area contributed by atoms with Crippen molar-refractivity contribution in [2.24, 2.45) is 0 Å². The Labute approximate surface area is 176 Å². The molecule has 1 amide bonds. The summed E-state index contributed by atoms with van der Waals surface area (Å²) in [6.07, 6.45) is 2.83. The molecular formula is C26H23NO3. The number of aryl methyl sites for hydroxylation is 1. The van der Waals surface area contributed by atoms with Gasteiger partial charge in [-0.1, -0.05) is 78.9 Å². The van der Waals surface area contributed by atoms with E-state index in [2.05, 4.69) is 0 Å². The van der Waals surface area contributed by atoms with E-state index in [0.717, 1.165) is 16.7 Å². The summed E-state index contributed by atoms with van der Waals surface area (Å²) < 4.78 is 0. The van der Waals surface area contributed by atoms with Crippen molar-refractivity contribution in [1.82, 2.24) is 0 Å². The van der Waals surface area contributed by atoms with Gasteiger partial charge in [-0.25, -0.2) is 0 Å². The van der Waals surface area contributed by atoms with E-state index in [1.807, 2.05) is 73.7 Å². The number of ketones is 1. The molecular weight excluding hydrogens is 374 g/mol. The van der Waals surface area contributed by atoms with Crippen LogP contribution in [0.3, 0.4) is 0 Å². The number of allylic oxidation sites excluding steroid dienone is 1. The smallest absolute Gasteiger partial charge is 0.264 e. The molecule has 0 unspecified atom stereocenters. The van der Waals surface area contributed by atoms with Crippen LogP contribution in [0.1, 0.15) is 28.7 Å². The maximum Gasteiger partial charge on any atom is 0.264 e. The molecule has 0 spiro atoms. The van der Waals surface area contributed by atoms with Gasteiger partial charge in [0, 0.05) is 5.56 Å². The van der Waals surface area contributed by atoms with Crippen LogP contribution in [0.5, 0.6) is 0 Å². The minimum atomic E-state index is -1.86. The standard InChI is InChI=1S/C26H23NO3/c1-19-9-5-6-12-21(19)18-27-24-14-8-7-13-23(24)26(30,25(27)29)17-22(28)16-15-20-10-3-2-4-11-20/h2-16,30H,17-18H2,1H3/b16-15-/t26-/m0/s1. The molecule has 4 nitrogen and oxygen atoms in total. The molecule has 0 saturated carbocycles. The Morgan fingerprint density at radius 3 is 2.40 bits per heavy atom. The van der Waals surface area contributed by atoms with Gasteiger partial charge >= 0.3 is 0 Å². The van der Waals surface area contributed by atoms with Gasteiger partial charge in [-0.2, -0.15) is 0 Å². The lowest BCUT2D eigenvalue weighted by Crippen LogP contribution is -2.41. The predicted molar refractivity (Wildman–Crippen MR) is 118 cm³/mol. The van der Waals surface area contributed by atoms with E-state index in [0.29, 0.717) is 17.8 Å². The van der Waals surface area contributed by atoms with Gasteiger partial charge in [-0.05, 0) is 35.8 Å². The Morgan fingerprint density at radius 2 is 1.63 bits per heavy atom. The van der Waals surface area contributed by atoms with E-state index < -0.39 is 11.5 Å². The van der Waals surface area contributed by atoms with E-state index >= 15 is 0 Å². The highest BCUT2D eigenvalue weighted by molar-refractivity contribution is 6.10. The lowest BCUT2D eigenvalue weighted by molar-refractivity contribution is -0.140. The molecule has 4 heteroatoms. The number of benzene rings is 3. The van der Waals surface area contributed by atoms with E-state index in [1.54, 1.807) is 23.1 Å². The van der Waals surface area contributed by atoms with Crippen LogP contribution in [0.4, 0.5) is 5.69 Å². The first-order valence-corrected chi connectivity index (χ1v) is 9.93. The summed E-state index contributed by atoms with van der Waals surface area (Å²) >= 11 is 0. The average molecular weight is 397 g/mol. The molecule has 3 aromatic rings. The van der Waals surface area contributed by atoms with Gasteiger partial charge in [-0.15, -0.1) is 0 Å². The second-order valence-electron chi connectivity index (χ2n) is 7.58. The third-order valence-corrected chi connectivity index (χ3v) is 5.52. The highest BCUT2D eigenvalue weighted by Gasteiger charge is 2.50. The fourth-order valence-corrected chi connectivity index (χ4v) is 3.86. The lowest BCUT2D eigenvalue weighted by Gasteiger charge is -2.23. The first-order valence-electron chi connectivity index (χ1n) is 9.93. The van der Waals surface area contributed by atoms with Crippen molar-refractivity contribution in [1.29, 1.82) is 0 Å². The third kappa shape index (κ3) is 3.70. The third-order valence-electron chi connectivity index (χ3n) is 5.52. The number of carbonyl (C=O) groups excluding carboxylic acids is 2. The molecule has 1 aliphatic heterocycles. The van der Waals surface area contributed by atoms with Crippen LogP contribution < -0.4 is 4.90 Å². The van der Waals surface area contributed by atoms with Crippen LogP contribution in [0, 0.1) is 6.92 Å². The maximum atomic E-state index is 13.3. The molecule has 4 rings (SSSR count). The topological polar surface area (TPSA) is 57.6 Å². The molecule has 1 N–H and O–H groups in total. The highest BCUT2D eigenvalue weighted by Crippen LogP contribution is 2.43. The number of hydrogen-bond donors (Lipinski definition) is 1. The molecule has 150 valence electrons. The van der Waals surface area contributed by atoms with Crippen molar-refractivity contribution in [3.63, 3.8) is 0 Å². The van der Waals surface area contributed by atoms with E-state index in [-0.39, 0.29) is 12.2 Å². The Kier molecular flexibility index (Phi) is 5.34. The SMILES string of the molecule is Cc1ccccc1CN1C(=O)[C@](O)(CC(=O)/C=C\c2ccccc2)c2ccccc21. The largest absolute Gasteiger partial charge is 0.375 e. The lowest BCUT2D eigenvalue weighted by atomic mass is 9.89. The summed E-state index contributed by atoms with van der Waals surface area (Å²) in [5.74, 6) is -0.768. The van der Waals surface area contributed by atoms with Crippen LogP contribution in [-0.4, -0.2) is 16.8 Å². The van der Waals surface area contributed by atoms with Gasteiger partial charge in [0.15, 0.2) is 11.4 Å². The molecule has 0 fully saturated rings. The molecule has 1 aliphatic rings. The number of rotatable bonds is 6. The van der Waals surface area contributed by atoms with Gasteiger partial charge in [-0.3, -0.25) is 9.59 Å². The summed E-state index contributed by atoms with van der Waals surface area (Å²) in [7, 11) is 0. The van der Waals surface area contributed by atoms with Gasteiger partial charge in [0.25, 0.3) is 5.91 Å². The fourth-order valence-electron chi connectivity index (χ4n) is 3.86. The van der Waals surface area contributed by atoms with Crippen molar-refractivity contribution < 1.29 is 14.7 Å². The number of hydrogen-bond acceptors (Lipinski definition) is 3. The van der Waals surface area contributed by atoms with Gasteiger partial charge in [0.2, 0.25) is 0 Å². The molecule has 0 bridgehead atoms. The van der Waals surface area contributed by atoms with Gasteiger partial charge in [0.05, 0.1) is 18.7 Å². The molecule has 1 atom stereocenters. The minimum Gasteiger partial charge on any atom is -0.375 e. The number of amides is 1. The first kappa shape index (κ1) is 19.8. The Morgan fingerprint density at radius 1 is 0.967 bits per heavy atom. The van der Waals surface area contributed by atoms with Crippen molar-refractivity contribution in [2.45, 2.75) is 25.5 Å². The summed E-state index contributed by atoms with van der Waals surface area (Å²) in [6, 6.07) is 24.4. The summed E-state index contributed by atoms with van der Waals surface area (Å²) in [4.78, 5) is 27.5. The zero-order valence-corrected chi connectivity index (χ0v) is 16.8. The molecule has 0 aromatic heterocycles. The number of para-hydroxylation sites is 1. The number of fused-ring (bicyclic) bond motifs is 1. The van der Waals surface area contributed by atoms with Crippen molar-refractivity contribution in [2.75, 3.05) is 4.90 Å². The average Bonchev–Trinajstić information content (AvgIpc) is 2.96. The van der Waals surface area contributed by atoms with Crippen molar-refractivity contribution in [3.8, 4) is 0 Å². The quantitative estimate of drug-likeness (QED) is 0.627. The molecule has 0 radical (unpaired) electrons. The Hall–Kier alpha value is -3.50. The number of anilines is 1. The van der Waals surface area contributed by atoms with Crippen LogP contribution >= 0.6 is 0 Å². The summed E-state index contributed by atoms with van der Waals surface area (Å²) in [5, 5.41) is 11.4. The second kappa shape index (κ2) is 8.09. The van der Waals surface area contributed by atoms with E-state index in [9.17, 15) is 14.7 Å². The van der Waals surface area contributed by atoms with Crippen molar-refractivity contribution in [3.05, 3.63) is 107 Å². The second-order valence-corrected chi connectivity index (χ2v) is 7.58. The number of carbonyl (C=O) groups is 2. The zero-order chi connectivity index (χ0) is 21.1. The minimum absolute atomic E-state index is 0.295. The maximum absolute atomic E-state index is 13.3. The van der Waals surface area contributed by atoms with E-state index in [1.165, 1.54) is 6.08 Å². The predicted octanol–water partition coefficient (Wildman–Crippen LogP) is 4.40. The fraction of sp³-hybridized carbons (Fsp3) is 0.154. The molecule has 30 heavy (non-hydrogen) atoms. The van der Waals surface area contributed by atoms with Crippen molar-refractivity contribution >= 4 is 23.5 Å². The first-order chi connectivity index (χ1) is 14.5. The highest BCUT2D eigenvalue weighted by atomic mass is 16.3. The summed E-state index contributed by atoms with van der Waals surface area (Å²) in [6.45, 7) is 2.34. The molecule has 0 aliphatic carbocycles. The zero-order valence-electron chi connectivity index (χ0n) is 16.8. The van der Waals surface area contributed by atoms with Gasteiger partial charge in [0.1, 0.15) is 0 Å². The molecule has 0 saturated heterocycles. The normalized spacial score (nSPS) is 18.1. The molecule has 3 aromatic carbocycles. The van der Waals surface area contributed by atoms with Crippen LogP contribution in [0.25, 0.3) is 6.08 Å². The number of aliphatic hydroxyl groups is 1. The molecule has 1 heterocycles. The Balaban J connectivity index is 1.61. The Bertz CT molecular complexity index is 1120. The van der Waals surface area contributed by atoms with Crippen LogP contribution in [0.15, 0.2) is 84.9 Å². The number of nitrogens with zero attached hydrogens (tertiary/aromatic N) is 1.